The van der Waals surface area contributed by atoms with Crippen molar-refractivity contribution in [2.45, 2.75) is 12.7 Å². The van der Waals surface area contributed by atoms with Gasteiger partial charge in [0, 0.05) is 29.9 Å². The van der Waals surface area contributed by atoms with Crippen molar-refractivity contribution >= 4 is 10.9 Å². The maximum Gasteiger partial charge on any atom is 0.416 e. The van der Waals surface area contributed by atoms with Crippen LogP contribution in [0.4, 0.5) is 13.2 Å². The lowest BCUT2D eigenvalue weighted by Gasteiger charge is -2.06. The number of aromatic nitrogens is 3. The summed E-state index contributed by atoms with van der Waals surface area (Å²) in [6, 6.07) is 6.76. The van der Waals surface area contributed by atoms with Crippen molar-refractivity contribution in [3.63, 3.8) is 0 Å². The molecule has 2 aromatic heterocycles. The molecule has 4 nitrogen and oxygen atoms in total. The van der Waals surface area contributed by atoms with Gasteiger partial charge in [-0.1, -0.05) is 12.1 Å². The fourth-order valence-electron chi connectivity index (χ4n) is 2.35. The molecule has 0 saturated carbocycles. The van der Waals surface area contributed by atoms with Crippen molar-refractivity contribution in [2.24, 2.45) is 5.73 Å². The summed E-state index contributed by atoms with van der Waals surface area (Å²) in [7, 11) is 0. The molecule has 3 rings (SSSR count). The Bertz CT molecular complexity index is 791. The second-order valence-electron chi connectivity index (χ2n) is 4.83. The molecule has 1 aromatic carbocycles. The van der Waals surface area contributed by atoms with E-state index in [4.69, 9.17) is 5.73 Å². The van der Waals surface area contributed by atoms with Crippen LogP contribution in [0.25, 0.3) is 22.2 Å². The quantitative estimate of drug-likeness (QED) is 0.809. The molecule has 0 radical (unpaired) electrons. The Balaban J connectivity index is 2.10. The number of fused-ring (bicyclic) bond motifs is 1. The van der Waals surface area contributed by atoms with Gasteiger partial charge < -0.3 is 5.73 Å². The second kappa shape index (κ2) is 5.42. The van der Waals surface area contributed by atoms with E-state index in [1.807, 2.05) is 6.07 Å². The van der Waals surface area contributed by atoms with Crippen molar-refractivity contribution in [3.8, 4) is 11.3 Å². The summed E-state index contributed by atoms with van der Waals surface area (Å²) in [6.07, 6.45) is -1.04. The third-order valence-electron chi connectivity index (χ3n) is 3.38. The topological polar surface area (TPSA) is 56.7 Å². The van der Waals surface area contributed by atoms with Gasteiger partial charge in [-0.2, -0.15) is 18.3 Å². The van der Waals surface area contributed by atoms with Crippen molar-refractivity contribution in [1.29, 1.82) is 0 Å². The third-order valence-corrected chi connectivity index (χ3v) is 3.38. The molecular weight excluding hydrogens is 293 g/mol. The number of rotatable bonds is 3. The number of nitrogens with two attached hydrogens (primary N) is 1. The summed E-state index contributed by atoms with van der Waals surface area (Å²) in [4.78, 5) is 4.06. The number of halogens is 3. The molecule has 0 aliphatic heterocycles. The molecule has 0 spiro atoms. The minimum absolute atomic E-state index is 0.422. The molecule has 0 amide bonds. The summed E-state index contributed by atoms with van der Waals surface area (Å²) in [6.45, 7) is 0.951. The lowest BCUT2D eigenvalue weighted by molar-refractivity contribution is -0.137. The zero-order chi connectivity index (χ0) is 15.7. The fourth-order valence-corrected chi connectivity index (χ4v) is 2.35. The van der Waals surface area contributed by atoms with E-state index in [-0.39, 0.29) is 0 Å². The summed E-state index contributed by atoms with van der Waals surface area (Å²) in [5, 5.41) is 5.24. The molecule has 22 heavy (non-hydrogen) atoms. The third kappa shape index (κ3) is 2.55. The zero-order valence-corrected chi connectivity index (χ0v) is 11.5. The standard InChI is InChI=1S/C15H13F3N4/c16-15(17,18)11-3-1-10(2-4-11)14-12-9-20-7-5-13(12)22(21-14)8-6-19/h1-5,7,9H,6,8,19H2. The van der Waals surface area contributed by atoms with Gasteiger partial charge in [0.25, 0.3) is 0 Å². The van der Waals surface area contributed by atoms with Crippen LogP contribution in [0.2, 0.25) is 0 Å². The van der Waals surface area contributed by atoms with Gasteiger partial charge in [-0.25, -0.2) is 0 Å². The van der Waals surface area contributed by atoms with E-state index in [0.29, 0.717) is 24.3 Å². The average Bonchev–Trinajstić information content (AvgIpc) is 2.86. The molecule has 0 saturated heterocycles. The molecule has 0 aliphatic rings. The SMILES string of the molecule is NCCn1nc(-c2ccc(C(F)(F)F)cc2)c2cnccc21. The first-order valence-electron chi connectivity index (χ1n) is 6.69. The number of hydrogen-bond donors (Lipinski definition) is 1. The molecular formula is C15H13F3N4. The first kappa shape index (κ1) is 14.5. The van der Waals surface area contributed by atoms with E-state index < -0.39 is 11.7 Å². The van der Waals surface area contributed by atoms with Crippen LogP contribution in [0, 0.1) is 0 Å². The molecule has 0 atom stereocenters. The van der Waals surface area contributed by atoms with Crippen LogP contribution < -0.4 is 5.73 Å². The van der Waals surface area contributed by atoms with Crippen LogP contribution in [-0.2, 0) is 12.7 Å². The predicted molar refractivity (Wildman–Crippen MR) is 77.0 cm³/mol. The van der Waals surface area contributed by atoms with Gasteiger partial charge in [0.05, 0.1) is 17.6 Å². The van der Waals surface area contributed by atoms with E-state index in [2.05, 4.69) is 10.1 Å². The summed E-state index contributed by atoms with van der Waals surface area (Å²) >= 11 is 0. The first-order chi connectivity index (χ1) is 10.5. The highest BCUT2D eigenvalue weighted by molar-refractivity contribution is 5.92. The first-order valence-corrected chi connectivity index (χ1v) is 6.69. The lowest BCUT2D eigenvalue weighted by atomic mass is 10.1. The normalized spacial score (nSPS) is 12.0. The van der Waals surface area contributed by atoms with E-state index in [9.17, 15) is 13.2 Å². The van der Waals surface area contributed by atoms with Gasteiger partial charge in [-0.05, 0) is 18.2 Å². The minimum Gasteiger partial charge on any atom is -0.329 e. The van der Waals surface area contributed by atoms with Crippen LogP contribution >= 0.6 is 0 Å². The number of alkyl halides is 3. The Morgan fingerprint density at radius 1 is 1.09 bits per heavy atom. The van der Waals surface area contributed by atoms with Gasteiger partial charge >= 0.3 is 6.18 Å². The number of nitrogens with zero attached hydrogens (tertiary/aromatic N) is 3. The number of hydrogen-bond acceptors (Lipinski definition) is 3. The molecule has 3 aromatic rings. The highest BCUT2D eigenvalue weighted by atomic mass is 19.4. The number of pyridine rings is 1. The van der Waals surface area contributed by atoms with Gasteiger partial charge in [-0.15, -0.1) is 0 Å². The van der Waals surface area contributed by atoms with Crippen molar-refractivity contribution in [3.05, 3.63) is 48.3 Å². The maximum absolute atomic E-state index is 12.6. The van der Waals surface area contributed by atoms with E-state index in [1.165, 1.54) is 12.1 Å². The Morgan fingerprint density at radius 2 is 1.82 bits per heavy atom. The minimum atomic E-state index is -4.35. The molecule has 7 heteroatoms. The van der Waals surface area contributed by atoms with Gasteiger partial charge in [0.15, 0.2) is 0 Å². The maximum atomic E-state index is 12.6. The van der Waals surface area contributed by atoms with Crippen molar-refractivity contribution in [2.75, 3.05) is 6.54 Å². The van der Waals surface area contributed by atoms with Crippen LogP contribution in [0.5, 0.6) is 0 Å². The zero-order valence-electron chi connectivity index (χ0n) is 11.5. The summed E-state index contributed by atoms with van der Waals surface area (Å²) in [5.74, 6) is 0. The van der Waals surface area contributed by atoms with Crippen LogP contribution in [0.3, 0.4) is 0 Å². The summed E-state index contributed by atoms with van der Waals surface area (Å²) in [5.41, 5.74) is 6.96. The van der Waals surface area contributed by atoms with Crippen molar-refractivity contribution < 1.29 is 13.2 Å². The smallest absolute Gasteiger partial charge is 0.329 e. The highest BCUT2D eigenvalue weighted by Crippen LogP contribution is 2.32. The van der Waals surface area contributed by atoms with Gasteiger partial charge in [0.1, 0.15) is 5.69 Å². The van der Waals surface area contributed by atoms with E-state index in [0.717, 1.165) is 23.0 Å². The fraction of sp³-hybridized carbons (Fsp3) is 0.200. The molecule has 0 bridgehead atoms. The largest absolute Gasteiger partial charge is 0.416 e. The molecule has 0 fully saturated rings. The Hall–Kier alpha value is -2.41. The van der Waals surface area contributed by atoms with Crippen LogP contribution in [-0.4, -0.2) is 21.3 Å². The average molecular weight is 306 g/mol. The second-order valence-corrected chi connectivity index (χ2v) is 4.83. The van der Waals surface area contributed by atoms with E-state index >= 15 is 0 Å². The van der Waals surface area contributed by atoms with Crippen LogP contribution in [0.15, 0.2) is 42.7 Å². The predicted octanol–water partition coefficient (Wildman–Crippen LogP) is 3.08. The van der Waals surface area contributed by atoms with E-state index in [1.54, 1.807) is 17.1 Å². The summed E-state index contributed by atoms with van der Waals surface area (Å²) < 4.78 is 39.6. The van der Waals surface area contributed by atoms with Crippen molar-refractivity contribution in [1.82, 2.24) is 14.8 Å². The lowest BCUT2D eigenvalue weighted by Crippen LogP contribution is -2.10. The van der Waals surface area contributed by atoms with Gasteiger partial charge in [0.2, 0.25) is 0 Å². The monoisotopic (exact) mass is 306 g/mol. The van der Waals surface area contributed by atoms with Crippen LogP contribution in [0.1, 0.15) is 5.56 Å². The Morgan fingerprint density at radius 3 is 2.45 bits per heavy atom. The molecule has 2 heterocycles. The number of benzene rings is 1. The molecule has 2 N–H and O–H groups in total. The Labute approximate surface area is 124 Å². The molecule has 0 unspecified atom stereocenters. The molecule has 114 valence electrons. The van der Waals surface area contributed by atoms with Gasteiger partial charge in [-0.3, -0.25) is 9.67 Å². The highest BCUT2D eigenvalue weighted by Gasteiger charge is 2.30. The molecule has 0 aliphatic carbocycles. The Kier molecular flexibility index (Phi) is 3.58.